The molecule has 100 valence electrons. The van der Waals surface area contributed by atoms with Crippen LogP contribution in [-0.4, -0.2) is 47.6 Å². The molecular formula is C14H28N2S. The van der Waals surface area contributed by atoms with Crippen LogP contribution in [0.5, 0.6) is 0 Å². The smallest absolute Gasteiger partial charge is 0.0252 e. The number of nitrogens with one attached hydrogen (secondary N) is 1. The molecule has 1 saturated heterocycles. The first-order chi connectivity index (χ1) is 8.12. The molecule has 0 bridgehead atoms. The summed E-state index contributed by atoms with van der Waals surface area (Å²) < 4.78 is 0. The molecule has 1 unspecified atom stereocenters. The van der Waals surface area contributed by atoms with Crippen LogP contribution in [0.3, 0.4) is 0 Å². The van der Waals surface area contributed by atoms with Crippen molar-refractivity contribution in [2.24, 2.45) is 5.92 Å². The van der Waals surface area contributed by atoms with Crippen molar-refractivity contribution in [1.82, 2.24) is 10.2 Å². The quantitative estimate of drug-likeness (QED) is 0.735. The van der Waals surface area contributed by atoms with E-state index in [1.807, 2.05) is 0 Å². The second kappa shape index (κ2) is 5.94. The Morgan fingerprint density at radius 3 is 2.76 bits per heavy atom. The highest BCUT2D eigenvalue weighted by molar-refractivity contribution is 7.99. The average molecular weight is 256 g/mol. The molecule has 2 fully saturated rings. The first-order valence-electron chi connectivity index (χ1n) is 7.19. The van der Waals surface area contributed by atoms with Gasteiger partial charge in [-0.25, -0.2) is 0 Å². The predicted molar refractivity (Wildman–Crippen MR) is 77.8 cm³/mol. The fourth-order valence-corrected chi connectivity index (χ4v) is 3.52. The Morgan fingerprint density at radius 1 is 1.35 bits per heavy atom. The summed E-state index contributed by atoms with van der Waals surface area (Å²) in [6.07, 6.45) is 4.29. The molecule has 1 heterocycles. The van der Waals surface area contributed by atoms with Crippen molar-refractivity contribution in [2.75, 3.05) is 31.1 Å². The summed E-state index contributed by atoms with van der Waals surface area (Å²) in [4.78, 5) is 2.77. The maximum Gasteiger partial charge on any atom is 0.0252 e. The lowest BCUT2D eigenvalue weighted by Gasteiger charge is -2.45. The van der Waals surface area contributed by atoms with E-state index in [1.54, 1.807) is 0 Å². The molecule has 1 aliphatic heterocycles. The van der Waals surface area contributed by atoms with Gasteiger partial charge >= 0.3 is 0 Å². The zero-order valence-electron chi connectivity index (χ0n) is 11.7. The minimum atomic E-state index is 0.309. The van der Waals surface area contributed by atoms with Crippen molar-refractivity contribution >= 4 is 11.8 Å². The van der Waals surface area contributed by atoms with Crippen LogP contribution >= 0.6 is 11.8 Å². The fourth-order valence-electron chi connectivity index (χ4n) is 2.90. The molecule has 0 aromatic rings. The Morgan fingerprint density at radius 2 is 2.12 bits per heavy atom. The van der Waals surface area contributed by atoms with E-state index in [-0.39, 0.29) is 0 Å². The Kier molecular flexibility index (Phi) is 4.79. The molecule has 1 atom stereocenters. The number of hydrogen-bond acceptors (Lipinski definition) is 3. The Hall–Kier alpha value is 0.270. The largest absolute Gasteiger partial charge is 0.309 e. The van der Waals surface area contributed by atoms with Gasteiger partial charge in [-0.05, 0) is 57.1 Å². The number of piperazine rings is 1. The molecule has 1 N–H and O–H groups in total. The number of rotatable bonds is 6. The van der Waals surface area contributed by atoms with Gasteiger partial charge in [-0.2, -0.15) is 11.8 Å². The third-order valence-electron chi connectivity index (χ3n) is 3.96. The van der Waals surface area contributed by atoms with Crippen LogP contribution in [0, 0.1) is 5.92 Å². The maximum atomic E-state index is 3.71. The van der Waals surface area contributed by atoms with E-state index in [9.17, 15) is 0 Å². The van der Waals surface area contributed by atoms with Crippen molar-refractivity contribution in [3.63, 3.8) is 0 Å². The molecule has 1 saturated carbocycles. The first kappa shape index (κ1) is 13.7. The van der Waals surface area contributed by atoms with Crippen LogP contribution in [-0.2, 0) is 0 Å². The monoisotopic (exact) mass is 256 g/mol. The topological polar surface area (TPSA) is 15.3 Å². The van der Waals surface area contributed by atoms with Gasteiger partial charge in [0.1, 0.15) is 0 Å². The standard InChI is InChI=1S/C14H28N2S/c1-4-17-9-5-8-16-11-14(2,3)15-10-13(16)12-6-7-12/h12-13,15H,4-11H2,1-3H3. The molecule has 0 aromatic heterocycles. The van der Waals surface area contributed by atoms with E-state index in [0.29, 0.717) is 5.54 Å². The summed E-state index contributed by atoms with van der Waals surface area (Å²) in [6.45, 7) is 10.7. The summed E-state index contributed by atoms with van der Waals surface area (Å²) in [7, 11) is 0. The van der Waals surface area contributed by atoms with Crippen LogP contribution in [0.1, 0.15) is 40.0 Å². The van der Waals surface area contributed by atoms with Crippen LogP contribution in [0.25, 0.3) is 0 Å². The Bertz CT molecular complexity index is 238. The van der Waals surface area contributed by atoms with Crippen molar-refractivity contribution in [3.8, 4) is 0 Å². The molecule has 3 heteroatoms. The SMILES string of the molecule is CCSCCCN1CC(C)(C)NCC1C1CC1. The highest BCUT2D eigenvalue weighted by Crippen LogP contribution is 2.37. The Labute approximate surface area is 111 Å². The molecule has 1 aliphatic carbocycles. The minimum Gasteiger partial charge on any atom is -0.309 e. The first-order valence-corrected chi connectivity index (χ1v) is 8.34. The second-order valence-corrected chi connectivity index (χ2v) is 7.58. The molecular weight excluding hydrogens is 228 g/mol. The fraction of sp³-hybridized carbons (Fsp3) is 1.00. The van der Waals surface area contributed by atoms with Crippen LogP contribution in [0.15, 0.2) is 0 Å². The van der Waals surface area contributed by atoms with Crippen molar-refractivity contribution in [1.29, 1.82) is 0 Å². The van der Waals surface area contributed by atoms with Crippen molar-refractivity contribution < 1.29 is 0 Å². The molecule has 0 amide bonds. The average Bonchev–Trinajstić information content (AvgIpc) is 3.07. The zero-order chi connectivity index (χ0) is 12.3. The van der Waals surface area contributed by atoms with E-state index < -0.39 is 0 Å². The highest BCUT2D eigenvalue weighted by atomic mass is 32.2. The molecule has 0 spiro atoms. The number of nitrogens with zero attached hydrogens (tertiary/aromatic N) is 1. The van der Waals surface area contributed by atoms with Crippen LogP contribution in [0.4, 0.5) is 0 Å². The summed E-state index contributed by atoms with van der Waals surface area (Å²) in [6, 6.07) is 0.828. The van der Waals surface area contributed by atoms with Crippen LogP contribution < -0.4 is 5.32 Å². The van der Waals surface area contributed by atoms with E-state index in [0.717, 1.165) is 12.0 Å². The lowest BCUT2D eigenvalue weighted by atomic mass is 9.96. The lowest BCUT2D eigenvalue weighted by molar-refractivity contribution is 0.0833. The van der Waals surface area contributed by atoms with Gasteiger partial charge in [-0.3, -0.25) is 4.90 Å². The van der Waals surface area contributed by atoms with E-state index in [4.69, 9.17) is 0 Å². The third kappa shape index (κ3) is 4.15. The Balaban J connectivity index is 1.80. The lowest BCUT2D eigenvalue weighted by Crippen LogP contribution is -2.62. The van der Waals surface area contributed by atoms with Crippen LogP contribution in [0.2, 0.25) is 0 Å². The normalized spacial score (nSPS) is 29.5. The third-order valence-corrected chi connectivity index (χ3v) is 4.95. The zero-order valence-corrected chi connectivity index (χ0v) is 12.5. The van der Waals surface area contributed by atoms with E-state index in [1.165, 1.54) is 50.4 Å². The van der Waals surface area contributed by atoms with E-state index in [2.05, 4.69) is 42.7 Å². The molecule has 17 heavy (non-hydrogen) atoms. The molecule has 2 rings (SSSR count). The summed E-state index contributed by atoms with van der Waals surface area (Å²) in [5.41, 5.74) is 0.309. The van der Waals surface area contributed by atoms with E-state index >= 15 is 0 Å². The second-order valence-electron chi connectivity index (χ2n) is 6.19. The van der Waals surface area contributed by atoms with Gasteiger partial charge in [0.25, 0.3) is 0 Å². The minimum absolute atomic E-state index is 0.309. The van der Waals surface area contributed by atoms with Gasteiger partial charge in [0, 0.05) is 24.7 Å². The van der Waals surface area contributed by atoms with Gasteiger partial charge in [-0.1, -0.05) is 6.92 Å². The van der Waals surface area contributed by atoms with Gasteiger partial charge in [0.05, 0.1) is 0 Å². The van der Waals surface area contributed by atoms with Gasteiger partial charge in [0.15, 0.2) is 0 Å². The summed E-state index contributed by atoms with van der Waals surface area (Å²) in [5, 5.41) is 3.71. The highest BCUT2D eigenvalue weighted by Gasteiger charge is 2.40. The number of thioether (sulfide) groups is 1. The molecule has 0 radical (unpaired) electrons. The van der Waals surface area contributed by atoms with Gasteiger partial charge < -0.3 is 5.32 Å². The number of hydrogen-bond donors (Lipinski definition) is 1. The molecule has 0 aromatic carbocycles. The summed E-state index contributed by atoms with van der Waals surface area (Å²) in [5.74, 6) is 3.59. The maximum absolute atomic E-state index is 3.71. The van der Waals surface area contributed by atoms with Gasteiger partial charge in [-0.15, -0.1) is 0 Å². The molecule has 2 aliphatic rings. The summed E-state index contributed by atoms with van der Waals surface area (Å²) >= 11 is 2.08. The van der Waals surface area contributed by atoms with Crippen molar-refractivity contribution in [3.05, 3.63) is 0 Å². The predicted octanol–water partition coefficient (Wildman–Crippen LogP) is 2.59. The van der Waals surface area contributed by atoms with Gasteiger partial charge in [0.2, 0.25) is 0 Å². The van der Waals surface area contributed by atoms with Crippen molar-refractivity contribution in [2.45, 2.75) is 51.6 Å². The molecule has 2 nitrogen and oxygen atoms in total.